The van der Waals surface area contributed by atoms with Crippen LogP contribution in [0.1, 0.15) is 20.8 Å². The van der Waals surface area contributed by atoms with Crippen molar-refractivity contribution in [2.24, 2.45) is 0 Å². The Morgan fingerprint density at radius 3 is 2.50 bits per heavy atom. The molecule has 3 N–H and O–H groups in total. The van der Waals surface area contributed by atoms with Gasteiger partial charge in [-0.15, -0.1) is 0 Å². The van der Waals surface area contributed by atoms with Crippen molar-refractivity contribution in [3.05, 3.63) is 0 Å². The standard InChI is InChI=1S/C11H20O7/c1-10(2)17-6(5-12)8(18-10)11(3,15)7(13)9(14)16-4/h6-8,12-13,15H,5H2,1-4H3/t6-,7-,8-,11-/m1/s1. The van der Waals surface area contributed by atoms with Gasteiger partial charge in [0, 0.05) is 0 Å². The van der Waals surface area contributed by atoms with E-state index in [0.717, 1.165) is 7.11 Å². The quantitative estimate of drug-likeness (QED) is 0.547. The van der Waals surface area contributed by atoms with Crippen LogP contribution in [0.3, 0.4) is 0 Å². The largest absolute Gasteiger partial charge is 0.467 e. The highest BCUT2D eigenvalue weighted by Gasteiger charge is 2.54. The topological polar surface area (TPSA) is 105 Å². The van der Waals surface area contributed by atoms with E-state index in [1.807, 2.05) is 0 Å². The molecule has 0 saturated carbocycles. The van der Waals surface area contributed by atoms with E-state index in [9.17, 15) is 20.1 Å². The number of ether oxygens (including phenoxy) is 3. The number of aliphatic hydroxyl groups is 3. The van der Waals surface area contributed by atoms with Gasteiger partial charge in [-0.25, -0.2) is 4.79 Å². The van der Waals surface area contributed by atoms with Crippen molar-refractivity contribution in [1.82, 2.24) is 0 Å². The predicted octanol–water partition coefficient (Wildman–Crippen LogP) is -1.22. The smallest absolute Gasteiger partial charge is 0.337 e. The number of carbonyl (C=O) groups is 1. The van der Waals surface area contributed by atoms with Crippen LogP contribution in [0, 0.1) is 0 Å². The third kappa shape index (κ3) is 2.81. The monoisotopic (exact) mass is 264 g/mol. The van der Waals surface area contributed by atoms with E-state index in [1.165, 1.54) is 6.92 Å². The second kappa shape index (κ2) is 5.10. The lowest BCUT2D eigenvalue weighted by Gasteiger charge is -2.34. The van der Waals surface area contributed by atoms with Gasteiger partial charge in [0.15, 0.2) is 11.9 Å². The highest BCUT2D eigenvalue weighted by atomic mass is 16.8. The van der Waals surface area contributed by atoms with E-state index >= 15 is 0 Å². The van der Waals surface area contributed by atoms with Gasteiger partial charge in [0.05, 0.1) is 13.7 Å². The van der Waals surface area contributed by atoms with E-state index in [1.54, 1.807) is 13.8 Å². The molecule has 0 radical (unpaired) electrons. The lowest BCUT2D eigenvalue weighted by Crippen LogP contribution is -2.57. The molecule has 0 bridgehead atoms. The number of hydrogen-bond acceptors (Lipinski definition) is 7. The molecule has 0 aliphatic carbocycles. The zero-order valence-electron chi connectivity index (χ0n) is 10.9. The van der Waals surface area contributed by atoms with E-state index in [2.05, 4.69) is 4.74 Å². The number of carbonyl (C=O) groups excluding carboxylic acids is 1. The van der Waals surface area contributed by atoms with Crippen molar-refractivity contribution < 1.29 is 34.3 Å². The molecule has 4 atom stereocenters. The van der Waals surface area contributed by atoms with Gasteiger partial charge in [0.1, 0.15) is 17.8 Å². The molecule has 18 heavy (non-hydrogen) atoms. The first kappa shape index (κ1) is 15.3. The molecular formula is C11H20O7. The van der Waals surface area contributed by atoms with Crippen molar-refractivity contribution in [3.63, 3.8) is 0 Å². The molecular weight excluding hydrogens is 244 g/mol. The Balaban J connectivity index is 2.93. The molecule has 0 aromatic heterocycles. The third-order valence-corrected chi connectivity index (χ3v) is 2.92. The molecule has 0 spiro atoms. The number of hydrogen-bond donors (Lipinski definition) is 3. The Morgan fingerprint density at radius 2 is 2.06 bits per heavy atom. The normalized spacial score (nSPS) is 31.7. The van der Waals surface area contributed by atoms with Crippen molar-refractivity contribution in [2.75, 3.05) is 13.7 Å². The van der Waals surface area contributed by atoms with Crippen molar-refractivity contribution in [3.8, 4) is 0 Å². The van der Waals surface area contributed by atoms with Crippen LogP contribution in [0.2, 0.25) is 0 Å². The second-order valence-corrected chi connectivity index (χ2v) is 4.93. The molecule has 1 fully saturated rings. The first-order chi connectivity index (χ1) is 8.15. The van der Waals surface area contributed by atoms with Gasteiger partial charge in [-0.2, -0.15) is 0 Å². The van der Waals surface area contributed by atoms with Crippen LogP contribution in [0.25, 0.3) is 0 Å². The molecule has 0 aromatic rings. The van der Waals surface area contributed by atoms with Crippen molar-refractivity contribution >= 4 is 5.97 Å². The van der Waals surface area contributed by atoms with Gasteiger partial charge in [-0.05, 0) is 20.8 Å². The molecule has 0 amide bonds. The Labute approximate surface area is 105 Å². The van der Waals surface area contributed by atoms with Crippen LogP contribution >= 0.6 is 0 Å². The summed E-state index contributed by atoms with van der Waals surface area (Å²) in [6, 6.07) is 0. The van der Waals surface area contributed by atoms with Crippen LogP contribution in [0.4, 0.5) is 0 Å². The van der Waals surface area contributed by atoms with Gasteiger partial charge in [0.2, 0.25) is 0 Å². The van der Waals surface area contributed by atoms with E-state index in [4.69, 9.17) is 9.47 Å². The van der Waals surface area contributed by atoms with Crippen LogP contribution in [-0.2, 0) is 19.0 Å². The van der Waals surface area contributed by atoms with E-state index < -0.39 is 42.3 Å². The highest BCUT2D eigenvalue weighted by Crippen LogP contribution is 2.35. The maximum absolute atomic E-state index is 11.3. The number of esters is 1. The summed E-state index contributed by atoms with van der Waals surface area (Å²) in [6.45, 7) is 4.04. The summed E-state index contributed by atoms with van der Waals surface area (Å²) in [5, 5.41) is 29.2. The lowest BCUT2D eigenvalue weighted by atomic mass is 9.89. The first-order valence-corrected chi connectivity index (χ1v) is 5.60. The summed E-state index contributed by atoms with van der Waals surface area (Å²) in [5.41, 5.74) is -1.94. The van der Waals surface area contributed by atoms with Crippen LogP contribution in [0.5, 0.6) is 0 Å². The van der Waals surface area contributed by atoms with Gasteiger partial charge in [-0.1, -0.05) is 0 Å². The Hall–Kier alpha value is -0.730. The number of methoxy groups -OCH3 is 1. The Kier molecular flexibility index (Phi) is 4.34. The molecule has 106 valence electrons. The maximum Gasteiger partial charge on any atom is 0.337 e. The molecule has 1 saturated heterocycles. The van der Waals surface area contributed by atoms with E-state index in [-0.39, 0.29) is 0 Å². The summed E-state index contributed by atoms with van der Waals surface area (Å²) < 4.78 is 15.2. The van der Waals surface area contributed by atoms with Gasteiger partial charge in [-0.3, -0.25) is 0 Å². The first-order valence-electron chi connectivity index (χ1n) is 5.60. The van der Waals surface area contributed by atoms with Crippen LogP contribution in [0.15, 0.2) is 0 Å². The Bertz CT molecular complexity index is 313. The van der Waals surface area contributed by atoms with Gasteiger partial charge >= 0.3 is 5.97 Å². The van der Waals surface area contributed by atoms with Crippen molar-refractivity contribution in [1.29, 1.82) is 0 Å². The van der Waals surface area contributed by atoms with Crippen molar-refractivity contribution in [2.45, 2.75) is 50.5 Å². The highest BCUT2D eigenvalue weighted by molar-refractivity contribution is 5.75. The zero-order chi connectivity index (χ0) is 14.1. The molecule has 1 rings (SSSR count). The molecule has 1 aliphatic heterocycles. The summed E-state index contributed by atoms with van der Waals surface area (Å²) >= 11 is 0. The fourth-order valence-electron chi connectivity index (χ4n) is 1.97. The van der Waals surface area contributed by atoms with Gasteiger partial charge < -0.3 is 29.5 Å². The zero-order valence-corrected chi connectivity index (χ0v) is 10.9. The minimum atomic E-state index is -1.94. The maximum atomic E-state index is 11.3. The second-order valence-electron chi connectivity index (χ2n) is 4.93. The minimum Gasteiger partial charge on any atom is -0.467 e. The minimum absolute atomic E-state index is 0.405. The summed E-state index contributed by atoms with van der Waals surface area (Å²) in [7, 11) is 1.10. The molecule has 0 unspecified atom stereocenters. The fourth-order valence-corrected chi connectivity index (χ4v) is 1.97. The Morgan fingerprint density at radius 1 is 1.50 bits per heavy atom. The molecule has 0 aromatic carbocycles. The predicted molar refractivity (Wildman–Crippen MR) is 59.6 cm³/mol. The summed E-state index contributed by atoms with van der Waals surface area (Å²) in [6.07, 6.45) is -3.68. The summed E-state index contributed by atoms with van der Waals surface area (Å²) in [4.78, 5) is 11.3. The lowest BCUT2D eigenvalue weighted by molar-refractivity contribution is -0.199. The van der Waals surface area contributed by atoms with Gasteiger partial charge in [0.25, 0.3) is 0 Å². The summed E-state index contributed by atoms with van der Waals surface area (Å²) in [5.74, 6) is -2.00. The molecule has 7 heteroatoms. The number of aliphatic hydroxyl groups excluding tert-OH is 2. The van der Waals surface area contributed by atoms with Crippen LogP contribution < -0.4 is 0 Å². The molecule has 1 heterocycles. The molecule has 1 aliphatic rings. The molecule has 7 nitrogen and oxygen atoms in total. The SMILES string of the molecule is COC(=O)[C@@H](O)[C@@](C)(O)[C@@H]1OC(C)(C)O[C@@H]1CO. The third-order valence-electron chi connectivity index (χ3n) is 2.92. The average molecular weight is 264 g/mol. The average Bonchev–Trinajstić information content (AvgIpc) is 2.63. The number of rotatable bonds is 4. The van der Waals surface area contributed by atoms with E-state index in [0.29, 0.717) is 0 Å². The van der Waals surface area contributed by atoms with Crippen LogP contribution in [-0.4, -0.2) is 64.7 Å². The fraction of sp³-hybridized carbons (Fsp3) is 0.909.